The normalized spacial score (nSPS) is 11.2. The van der Waals surface area contributed by atoms with Gasteiger partial charge >= 0.3 is 12.0 Å². The smallest absolute Gasteiger partial charge is 0.342 e. The maximum Gasteiger partial charge on any atom is 0.342 e. The van der Waals surface area contributed by atoms with E-state index in [1.165, 1.54) is 6.26 Å². The minimum Gasteiger partial charge on any atom is -0.468 e. The first-order chi connectivity index (χ1) is 8.47. The second kappa shape index (κ2) is 5.85. The molecule has 0 radical (unpaired) electrons. The average Bonchev–Trinajstić information content (AvgIpc) is 2.68. The van der Waals surface area contributed by atoms with Crippen molar-refractivity contribution < 1.29 is 18.7 Å². The molecule has 18 heavy (non-hydrogen) atoms. The number of carbonyl (C=O) groups is 2. The number of esters is 1. The first kappa shape index (κ1) is 13.8. The zero-order valence-corrected chi connectivity index (χ0v) is 10.4. The van der Waals surface area contributed by atoms with Gasteiger partial charge in [-0.3, -0.25) is 0 Å². The lowest BCUT2D eigenvalue weighted by Gasteiger charge is -2.03. The van der Waals surface area contributed by atoms with Crippen molar-refractivity contribution >= 4 is 17.7 Å². The van der Waals surface area contributed by atoms with Crippen LogP contribution in [0.5, 0.6) is 0 Å². The van der Waals surface area contributed by atoms with Gasteiger partial charge in [-0.05, 0) is 20.8 Å². The molecule has 0 spiro atoms. The number of carbonyl (C=O) groups excluding carboxylic acids is 2. The lowest BCUT2D eigenvalue weighted by molar-refractivity contribution is 0.0525. The van der Waals surface area contributed by atoms with Crippen LogP contribution in [0.4, 0.5) is 4.79 Å². The number of aryl methyl sites for hydroxylation is 1. The van der Waals surface area contributed by atoms with Gasteiger partial charge in [0.05, 0.1) is 17.9 Å². The second-order valence-electron chi connectivity index (χ2n) is 3.47. The number of urea groups is 1. The van der Waals surface area contributed by atoms with Gasteiger partial charge in [0.25, 0.3) is 0 Å². The highest BCUT2D eigenvalue weighted by molar-refractivity contribution is 6.08. The molecule has 0 aromatic carbocycles. The summed E-state index contributed by atoms with van der Waals surface area (Å²) >= 11 is 0. The number of hydrazone groups is 1. The number of nitrogens with two attached hydrogens (primary N) is 1. The minimum atomic E-state index is -0.784. The predicted molar refractivity (Wildman–Crippen MR) is 64.3 cm³/mol. The number of rotatable bonds is 4. The van der Waals surface area contributed by atoms with E-state index in [0.29, 0.717) is 17.0 Å². The van der Waals surface area contributed by atoms with Crippen LogP contribution >= 0.6 is 0 Å². The Morgan fingerprint density at radius 3 is 2.78 bits per heavy atom. The quantitative estimate of drug-likeness (QED) is 0.477. The van der Waals surface area contributed by atoms with Gasteiger partial charge in [-0.1, -0.05) is 0 Å². The first-order valence-corrected chi connectivity index (χ1v) is 5.32. The molecule has 98 valence electrons. The van der Waals surface area contributed by atoms with E-state index in [1.54, 1.807) is 20.8 Å². The highest BCUT2D eigenvalue weighted by Crippen LogP contribution is 2.18. The van der Waals surface area contributed by atoms with Gasteiger partial charge in [0.15, 0.2) is 0 Å². The summed E-state index contributed by atoms with van der Waals surface area (Å²) in [7, 11) is 0. The van der Waals surface area contributed by atoms with Crippen LogP contribution in [0.3, 0.4) is 0 Å². The van der Waals surface area contributed by atoms with Crippen LogP contribution in [-0.2, 0) is 4.74 Å². The molecule has 0 fully saturated rings. The topological polar surface area (TPSA) is 107 Å². The third kappa shape index (κ3) is 3.09. The number of amides is 2. The summed E-state index contributed by atoms with van der Waals surface area (Å²) in [5.74, 6) is 0.00329. The predicted octanol–water partition coefficient (Wildman–Crippen LogP) is 1.16. The molecule has 0 saturated carbocycles. The molecular formula is C11H15N3O4. The third-order valence-corrected chi connectivity index (χ3v) is 2.17. The van der Waals surface area contributed by atoms with Crippen LogP contribution < -0.4 is 11.2 Å². The van der Waals surface area contributed by atoms with E-state index in [0.717, 1.165) is 0 Å². The summed E-state index contributed by atoms with van der Waals surface area (Å²) in [6, 6.07) is -0.784. The van der Waals surface area contributed by atoms with Crippen molar-refractivity contribution in [3.63, 3.8) is 0 Å². The molecule has 7 heteroatoms. The molecule has 0 aliphatic rings. The largest absolute Gasteiger partial charge is 0.468 e. The van der Waals surface area contributed by atoms with Crippen molar-refractivity contribution in [2.24, 2.45) is 10.8 Å². The van der Waals surface area contributed by atoms with Gasteiger partial charge in [-0.15, -0.1) is 0 Å². The highest BCUT2D eigenvalue weighted by atomic mass is 16.5. The molecule has 0 atom stereocenters. The molecule has 1 aromatic heterocycles. The van der Waals surface area contributed by atoms with Gasteiger partial charge in [0, 0.05) is 0 Å². The van der Waals surface area contributed by atoms with Crippen LogP contribution in [0.1, 0.15) is 35.5 Å². The van der Waals surface area contributed by atoms with Gasteiger partial charge in [0.2, 0.25) is 0 Å². The molecule has 0 aliphatic heterocycles. The highest BCUT2D eigenvalue weighted by Gasteiger charge is 2.20. The average molecular weight is 253 g/mol. The molecule has 0 aliphatic carbocycles. The van der Waals surface area contributed by atoms with Crippen LogP contribution in [0.15, 0.2) is 15.8 Å². The Kier molecular flexibility index (Phi) is 4.47. The molecule has 1 heterocycles. The Hall–Kier alpha value is -2.31. The monoisotopic (exact) mass is 253 g/mol. The van der Waals surface area contributed by atoms with E-state index in [2.05, 4.69) is 10.5 Å². The zero-order valence-electron chi connectivity index (χ0n) is 10.4. The number of nitrogens with zero attached hydrogens (tertiary/aromatic N) is 1. The molecule has 0 saturated heterocycles. The summed E-state index contributed by atoms with van der Waals surface area (Å²) in [4.78, 5) is 22.2. The number of ether oxygens (including phenoxy) is 1. The van der Waals surface area contributed by atoms with Crippen LogP contribution in [0, 0.1) is 6.92 Å². The lowest BCUT2D eigenvalue weighted by Crippen LogP contribution is -2.25. The summed E-state index contributed by atoms with van der Waals surface area (Å²) in [6.45, 7) is 5.27. The summed E-state index contributed by atoms with van der Waals surface area (Å²) in [5.41, 5.74) is 8.16. The zero-order chi connectivity index (χ0) is 13.7. The fraction of sp³-hybridized carbons (Fsp3) is 0.364. The number of furan rings is 1. The number of hydrogen-bond acceptors (Lipinski definition) is 5. The molecule has 0 unspecified atom stereocenters. The van der Waals surface area contributed by atoms with Crippen molar-refractivity contribution in [3.05, 3.63) is 23.2 Å². The van der Waals surface area contributed by atoms with E-state index < -0.39 is 12.0 Å². The van der Waals surface area contributed by atoms with E-state index in [-0.39, 0.29) is 12.2 Å². The Bertz CT molecular complexity index is 490. The first-order valence-electron chi connectivity index (χ1n) is 5.32. The number of primary amides is 1. The molecule has 2 amide bonds. The van der Waals surface area contributed by atoms with Crippen molar-refractivity contribution in [1.29, 1.82) is 0 Å². The van der Waals surface area contributed by atoms with E-state index in [1.807, 2.05) is 0 Å². The molecular weight excluding hydrogens is 238 g/mol. The minimum absolute atomic E-state index is 0.262. The second-order valence-corrected chi connectivity index (χ2v) is 3.47. The Balaban J connectivity index is 3.07. The Morgan fingerprint density at radius 1 is 1.56 bits per heavy atom. The maximum atomic E-state index is 11.7. The van der Waals surface area contributed by atoms with Gasteiger partial charge in [-0.2, -0.15) is 5.10 Å². The van der Waals surface area contributed by atoms with Gasteiger partial charge in [0.1, 0.15) is 17.6 Å². The van der Waals surface area contributed by atoms with Gasteiger partial charge < -0.3 is 14.9 Å². The molecule has 1 rings (SSSR count). The lowest BCUT2D eigenvalue weighted by atomic mass is 10.1. The third-order valence-electron chi connectivity index (χ3n) is 2.17. The fourth-order valence-corrected chi connectivity index (χ4v) is 1.46. The summed E-state index contributed by atoms with van der Waals surface area (Å²) in [5, 5.41) is 3.75. The fourth-order valence-electron chi connectivity index (χ4n) is 1.46. The molecule has 7 nitrogen and oxygen atoms in total. The SMILES string of the molecule is CCOC(=O)c1coc(C)c1/C(C)=N/NC(N)=O. The summed E-state index contributed by atoms with van der Waals surface area (Å²) < 4.78 is 10.1. The van der Waals surface area contributed by atoms with Crippen molar-refractivity contribution in [1.82, 2.24) is 5.43 Å². The maximum absolute atomic E-state index is 11.7. The van der Waals surface area contributed by atoms with Gasteiger partial charge in [-0.25, -0.2) is 15.0 Å². The van der Waals surface area contributed by atoms with E-state index >= 15 is 0 Å². The van der Waals surface area contributed by atoms with Crippen molar-refractivity contribution in [2.75, 3.05) is 6.61 Å². The van der Waals surface area contributed by atoms with Crippen molar-refractivity contribution in [2.45, 2.75) is 20.8 Å². The standard InChI is InChI=1S/C11H15N3O4/c1-4-17-10(15)8-5-18-7(3)9(8)6(2)13-14-11(12)16/h5H,4H2,1-3H3,(H3,12,14,16)/b13-6+. The Morgan fingerprint density at radius 2 is 2.22 bits per heavy atom. The molecule has 0 bridgehead atoms. The van der Waals surface area contributed by atoms with Crippen LogP contribution in [0.25, 0.3) is 0 Å². The number of nitrogens with one attached hydrogen (secondary N) is 1. The molecule has 1 aromatic rings. The Labute approximate surface area is 104 Å². The number of hydrogen-bond donors (Lipinski definition) is 2. The summed E-state index contributed by atoms with van der Waals surface area (Å²) in [6.07, 6.45) is 1.30. The van der Waals surface area contributed by atoms with E-state index in [4.69, 9.17) is 14.9 Å². The molecule has 3 N–H and O–H groups in total. The van der Waals surface area contributed by atoms with Crippen LogP contribution in [0.2, 0.25) is 0 Å². The van der Waals surface area contributed by atoms with Crippen molar-refractivity contribution in [3.8, 4) is 0 Å². The van der Waals surface area contributed by atoms with Crippen LogP contribution in [-0.4, -0.2) is 24.3 Å². The van der Waals surface area contributed by atoms with E-state index in [9.17, 15) is 9.59 Å².